The van der Waals surface area contributed by atoms with E-state index in [0.717, 1.165) is 28.9 Å². The number of fused-ring (bicyclic) bond motifs is 1. The van der Waals surface area contributed by atoms with Crippen LogP contribution in [0.3, 0.4) is 0 Å². The minimum Gasteiger partial charge on any atom is -0.508 e. The highest BCUT2D eigenvalue weighted by atomic mass is 19.1. The van der Waals surface area contributed by atoms with Crippen molar-refractivity contribution in [3.8, 4) is 11.5 Å². The molecule has 4 heteroatoms. The Morgan fingerprint density at radius 2 is 1.93 bits per heavy atom. The Morgan fingerprint density at radius 3 is 2.63 bits per heavy atom. The Balaban J connectivity index is 1.83. The summed E-state index contributed by atoms with van der Waals surface area (Å²) in [7, 11) is 0. The van der Waals surface area contributed by atoms with Crippen molar-refractivity contribution in [2.24, 2.45) is 11.8 Å². The predicted molar refractivity (Wildman–Crippen MR) is 103 cm³/mol. The Morgan fingerprint density at radius 1 is 1.11 bits per heavy atom. The lowest BCUT2D eigenvalue weighted by Gasteiger charge is -2.39. The van der Waals surface area contributed by atoms with E-state index in [-0.39, 0.29) is 29.3 Å². The molecule has 2 N–H and O–H groups in total. The monoisotopic (exact) mass is 366 g/mol. The van der Waals surface area contributed by atoms with E-state index in [1.807, 2.05) is 37.3 Å². The van der Waals surface area contributed by atoms with Crippen LogP contribution in [-0.4, -0.2) is 16.8 Å². The lowest BCUT2D eigenvalue weighted by atomic mass is 9.71. The van der Waals surface area contributed by atoms with E-state index < -0.39 is 0 Å². The number of rotatable bonds is 2. The zero-order valence-corrected chi connectivity index (χ0v) is 15.4. The fourth-order valence-electron chi connectivity index (χ4n) is 4.25. The molecule has 0 saturated carbocycles. The van der Waals surface area contributed by atoms with Crippen LogP contribution in [-0.2, 0) is 0 Å². The van der Waals surface area contributed by atoms with Gasteiger partial charge in [-0.1, -0.05) is 24.3 Å². The topological polar surface area (TPSA) is 49.7 Å². The van der Waals surface area contributed by atoms with Crippen LogP contribution in [0.2, 0.25) is 0 Å². The van der Waals surface area contributed by atoms with Crippen molar-refractivity contribution >= 4 is 0 Å². The number of phenols is 1. The molecule has 140 valence electrons. The number of aryl methyl sites for hydroxylation is 1. The molecule has 1 aliphatic carbocycles. The highest BCUT2D eigenvalue weighted by Gasteiger charge is 2.37. The normalized spacial score (nSPS) is 24.1. The first kappa shape index (κ1) is 17.7. The fourth-order valence-corrected chi connectivity index (χ4v) is 4.25. The van der Waals surface area contributed by atoms with Gasteiger partial charge < -0.3 is 14.9 Å². The van der Waals surface area contributed by atoms with Crippen molar-refractivity contribution in [3.63, 3.8) is 0 Å². The van der Waals surface area contributed by atoms with Crippen molar-refractivity contribution in [3.05, 3.63) is 82.4 Å². The largest absolute Gasteiger partial charge is 0.508 e. The van der Waals surface area contributed by atoms with Gasteiger partial charge in [0.2, 0.25) is 0 Å². The first-order valence-corrected chi connectivity index (χ1v) is 9.24. The summed E-state index contributed by atoms with van der Waals surface area (Å²) in [5.41, 5.74) is 3.40. The fraction of sp³-hybridized carbons (Fsp3) is 0.304. The van der Waals surface area contributed by atoms with Gasteiger partial charge in [-0.15, -0.1) is 0 Å². The van der Waals surface area contributed by atoms with Crippen LogP contribution in [0, 0.1) is 31.5 Å². The zero-order valence-electron chi connectivity index (χ0n) is 15.4. The van der Waals surface area contributed by atoms with E-state index in [0.29, 0.717) is 17.9 Å². The first-order chi connectivity index (χ1) is 13.0. The molecular weight excluding hydrogens is 343 g/mol. The van der Waals surface area contributed by atoms with Crippen molar-refractivity contribution in [1.82, 2.24) is 0 Å². The Labute approximate surface area is 158 Å². The SMILES string of the molecule is Cc1cc([C@@H]2c3ccc(O)c(C)c3OC[C@@H]2C2C=CC(O)=CC2)ccc1F. The van der Waals surface area contributed by atoms with Crippen LogP contribution in [0.5, 0.6) is 11.5 Å². The minimum atomic E-state index is -0.213. The number of hydrogen-bond acceptors (Lipinski definition) is 3. The molecule has 0 saturated heterocycles. The molecule has 1 heterocycles. The number of aliphatic hydroxyl groups excluding tert-OH is 1. The number of allylic oxidation sites excluding steroid dienone is 3. The summed E-state index contributed by atoms with van der Waals surface area (Å²) in [6.45, 7) is 4.13. The molecule has 3 nitrogen and oxygen atoms in total. The molecular formula is C23H23FO3. The van der Waals surface area contributed by atoms with Crippen LogP contribution >= 0.6 is 0 Å². The average molecular weight is 366 g/mol. The summed E-state index contributed by atoms with van der Waals surface area (Å²) in [6.07, 6.45) is 6.33. The second kappa shape index (κ2) is 6.76. The molecule has 2 aliphatic rings. The predicted octanol–water partition coefficient (Wildman–Crippen LogP) is 5.31. The second-order valence-electron chi connectivity index (χ2n) is 7.48. The van der Waals surface area contributed by atoms with Crippen LogP contribution in [0.1, 0.15) is 34.6 Å². The minimum absolute atomic E-state index is 0.0237. The highest BCUT2D eigenvalue weighted by molar-refractivity contribution is 5.54. The van der Waals surface area contributed by atoms with Crippen molar-refractivity contribution in [1.29, 1.82) is 0 Å². The van der Waals surface area contributed by atoms with Gasteiger partial charge in [0, 0.05) is 23.0 Å². The standard InChI is InChI=1S/C23H23FO3/c1-13-11-16(5-9-20(13)24)22-18-8-10-21(26)14(2)23(18)27-12-19(22)15-3-6-17(25)7-4-15/h3,5-11,15,19,22,25-26H,4,12H2,1-2H3/t15?,19-,22-/m1/s1. The number of halogens is 1. The Hall–Kier alpha value is -2.75. The molecule has 0 amide bonds. The van der Waals surface area contributed by atoms with E-state index in [2.05, 4.69) is 0 Å². The van der Waals surface area contributed by atoms with Gasteiger partial charge in [-0.05, 0) is 61.6 Å². The molecule has 1 aliphatic heterocycles. The van der Waals surface area contributed by atoms with Gasteiger partial charge in [-0.3, -0.25) is 0 Å². The summed E-state index contributed by atoms with van der Waals surface area (Å²) in [4.78, 5) is 0. The molecule has 0 aromatic heterocycles. The van der Waals surface area contributed by atoms with E-state index in [9.17, 15) is 14.6 Å². The van der Waals surface area contributed by atoms with Gasteiger partial charge in [0.25, 0.3) is 0 Å². The number of aromatic hydroxyl groups is 1. The summed E-state index contributed by atoms with van der Waals surface area (Å²) in [6, 6.07) is 8.88. The molecule has 0 radical (unpaired) electrons. The second-order valence-corrected chi connectivity index (χ2v) is 7.48. The average Bonchev–Trinajstić information content (AvgIpc) is 2.67. The molecule has 3 atom stereocenters. The number of hydrogen-bond donors (Lipinski definition) is 2. The Bertz CT molecular complexity index is 945. The van der Waals surface area contributed by atoms with Crippen LogP contribution in [0.4, 0.5) is 4.39 Å². The van der Waals surface area contributed by atoms with Crippen LogP contribution < -0.4 is 4.74 Å². The molecule has 0 bridgehead atoms. The highest BCUT2D eigenvalue weighted by Crippen LogP contribution is 2.48. The van der Waals surface area contributed by atoms with Gasteiger partial charge >= 0.3 is 0 Å². The molecule has 1 unspecified atom stereocenters. The maximum Gasteiger partial charge on any atom is 0.129 e. The van der Waals surface area contributed by atoms with E-state index in [1.165, 1.54) is 6.07 Å². The van der Waals surface area contributed by atoms with E-state index in [1.54, 1.807) is 19.1 Å². The maximum absolute atomic E-state index is 13.9. The van der Waals surface area contributed by atoms with Crippen LogP contribution in [0.25, 0.3) is 0 Å². The van der Waals surface area contributed by atoms with E-state index in [4.69, 9.17) is 4.74 Å². The van der Waals surface area contributed by atoms with E-state index >= 15 is 0 Å². The zero-order chi connectivity index (χ0) is 19.1. The summed E-state index contributed by atoms with van der Waals surface area (Å²) in [5.74, 6) is 1.39. The first-order valence-electron chi connectivity index (χ1n) is 9.24. The van der Waals surface area contributed by atoms with Gasteiger partial charge in [-0.2, -0.15) is 0 Å². The maximum atomic E-state index is 13.9. The molecule has 27 heavy (non-hydrogen) atoms. The smallest absolute Gasteiger partial charge is 0.129 e. The molecule has 4 rings (SSSR count). The third kappa shape index (κ3) is 3.09. The quantitative estimate of drug-likeness (QED) is 0.758. The summed E-state index contributed by atoms with van der Waals surface area (Å²) >= 11 is 0. The number of benzene rings is 2. The number of ether oxygens (including phenoxy) is 1. The van der Waals surface area contributed by atoms with Crippen molar-refractivity contribution in [2.75, 3.05) is 6.61 Å². The van der Waals surface area contributed by atoms with Gasteiger partial charge in [0.05, 0.1) is 6.61 Å². The lowest BCUT2D eigenvalue weighted by molar-refractivity contribution is 0.168. The summed E-state index contributed by atoms with van der Waals surface area (Å²) in [5, 5.41) is 19.8. The number of phenolic OH excluding ortho intramolecular Hbond substituents is 1. The lowest BCUT2D eigenvalue weighted by Crippen LogP contribution is -2.33. The number of aliphatic hydroxyl groups is 1. The Kier molecular flexibility index (Phi) is 4.42. The van der Waals surface area contributed by atoms with Crippen molar-refractivity contribution < 1.29 is 19.3 Å². The third-order valence-corrected chi connectivity index (χ3v) is 5.80. The van der Waals surface area contributed by atoms with Gasteiger partial charge in [-0.25, -0.2) is 4.39 Å². The molecule has 0 spiro atoms. The summed E-state index contributed by atoms with van der Waals surface area (Å²) < 4.78 is 20.0. The van der Waals surface area contributed by atoms with Crippen molar-refractivity contribution in [2.45, 2.75) is 26.2 Å². The third-order valence-electron chi connectivity index (χ3n) is 5.80. The molecule has 0 fully saturated rings. The van der Waals surface area contributed by atoms with Gasteiger partial charge in [0.1, 0.15) is 23.1 Å². The van der Waals surface area contributed by atoms with Crippen LogP contribution in [0.15, 0.2) is 54.3 Å². The molecule has 2 aromatic carbocycles. The molecule has 2 aromatic rings. The van der Waals surface area contributed by atoms with Gasteiger partial charge in [0.15, 0.2) is 0 Å².